The van der Waals surface area contributed by atoms with Gasteiger partial charge in [0.1, 0.15) is 0 Å². The highest BCUT2D eigenvalue weighted by Gasteiger charge is 2.26. The minimum Gasteiger partial charge on any atom is -0.379 e. The minimum atomic E-state index is -3.73. The zero-order valence-corrected chi connectivity index (χ0v) is 18.6. The van der Waals surface area contributed by atoms with Crippen LogP contribution < -0.4 is 9.62 Å². The molecule has 2 aromatic carbocycles. The van der Waals surface area contributed by atoms with Crippen LogP contribution in [0.5, 0.6) is 0 Å². The van der Waals surface area contributed by atoms with E-state index >= 15 is 0 Å². The summed E-state index contributed by atoms with van der Waals surface area (Å²) in [5, 5.41) is 0. The summed E-state index contributed by atoms with van der Waals surface area (Å²) in [6.07, 6.45) is 1.38. The lowest BCUT2D eigenvalue weighted by Gasteiger charge is -2.31. The van der Waals surface area contributed by atoms with E-state index in [1.54, 1.807) is 29.2 Å². The van der Waals surface area contributed by atoms with Crippen molar-refractivity contribution < 1.29 is 17.9 Å². The Labute approximate surface area is 184 Å². The minimum absolute atomic E-state index is 0.0821. The van der Waals surface area contributed by atoms with Gasteiger partial charge in [0.25, 0.3) is 0 Å². The van der Waals surface area contributed by atoms with Crippen LogP contribution in [-0.2, 0) is 19.6 Å². The van der Waals surface area contributed by atoms with Gasteiger partial charge < -0.3 is 9.64 Å². The van der Waals surface area contributed by atoms with Gasteiger partial charge in [0.05, 0.1) is 24.2 Å². The zero-order valence-electron chi connectivity index (χ0n) is 17.8. The maximum atomic E-state index is 13.2. The first kappa shape index (κ1) is 22.0. The van der Waals surface area contributed by atoms with Crippen molar-refractivity contribution in [1.82, 2.24) is 9.62 Å². The molecule has 2 aliphatic heterocycles. The Bertz CT molecular complexity index is 1000. The van der Waals surface area contributed by atoms with E-state index in [1.807, 2.05) is 31.2 Å². The van der Waals surface area contributed by atoms with Crippen molar-refractivity contribution in [2.24, 2.45) is 0 Å². The predicted octanol–water partition coefficient (Wildman–Crippen LogP) is 2.47. The second-order valence-corrected chi connectivity index (χ2v) is 9.85. The van der Waals surface area contributed by atoms with Gasteiger partial charge in [-0.2, -0.15) is 0 Å². The zero-order chi connectivity index (χ0) is 21.8. The molecule has 31 heavy (non-hydrogen) atoms. The summed E-state index contributed by atoms with van der Waals surface area (Å²) in [6.45, 7) is 6.14. The Kier molecular flexibility index (Phi) is 6.71. The fraction of sp³-hybridized carbons (Fsp3) is 0.435. The number of hydrogen-bond acceptors (Lipinski definition) is 5. The first-order valence-corrected chi connectivity index (χ1v) is 12.2. The quantitative estimate of drug-likeness (QED) is 0.711. The van der Waals surface area contributed by atoms with Gasteiger partial charge in [-0.25, -0.2) is 13.1 Å². The summed E-state index contributed by atoms with van der Waals surface area (Å²) in [5.74, 6) is 0.0821. The van der Waals surface area contributed by atoms with E-state index < -0.39 is 10.0 Å². The van der Waals surface area contributed by atoms with Crippen LogP contribution in [0.1, 0.15) is 30.0 Å². The molecule has 0 saturated carbocycles. The molecule has 2 heterocycles. The van der Waals surface area contributed by atoms with Gasteiger partial charge in [-0.15, -0.1) is 0 Å². The number of morpholine rings is 1. The highest BCUT2D eigenvalue weighted by Crippen LogP contribution is 2.24. The monoisotopic (exact) mass is 443 g/mol. The van der Waals surface area contributed by atoms with Crippen molar-refractivity contribution in [3.05, 3.63) is 59.7 Å². The summed E-state index contributed by atoms with van der Waals surface area (Å²) in [6, 6.07) is 14.1. The largest absolute Gasteiger partial charge is 0.379 e. The van der Waals surface area contributed by atoms with Crippen molar-refractivity contribution >= 4 is 21.6 Å². The van der Waals surface area contributed by atoms with Crippen LogP contribution in [0.4, 0.5) is 5.69 Å². The molecule has 8 heteroatoms. The van der Waals surface area contributed by atoms with E-state index in [0.717, 1.165) is 36.3 Å². The van der Waals surface area contributed by atoms with E-state index in [2.05, 4.69) is 9.62 Å². The number of hydrogen-bond donors (Lipinski definition) is 1. The molecular formula is C23H29N3O4S. The molecule has 0 bridgehead atoms. The lowest BCUT2D eigenvalue weighted by molar-refractivity contribution is -0.117. The van der Waals surface area contributed by atoms with Crippen LogP contribution in [0.15, 0.2) is 53.4 Å². The van der Waals surface area contributed by atoms with Crippen LogP contribution in [0.25, 0.3) is 0 Å². The molecule has 4 rings (SSSR count). The number of ether oxygens (including phenoxy) is 1. The number of amides is 1. The van der Waals surface area contributed by atoms with Crippen molar-refractivity contribution in [3.8, 4) is 0 Å². The summed E-state index contributed by atoms with van der Waals surface area (Å²) >= 11 is 0. The average Bonchev–Trinajstić information content (AvgIpc) is 3.20. The number of nitrogens with one attached hydrogen (secondary N) is 1. The molecule has 2 aromatic rings. The first-order valence-electron chi connectivity index (χ1n) is 10.7. The normalized spacial score (nSPS) is 19.0. The Morgan fingerprint density at radius 3 is 2.29 bits per heavy atom. The van der Waals surface area contributed by atoms with Crippen molar-refractivity contribution in [2.75, 3.05) is 44.3 Å². The molecule has 0 aliphatic carbocycles. The van der Waals surface area contributed by atoms with Gasteiger partial charge in [-0.05, 0) is 43.2 Å². The van der Waals surface area contributed by atoms with Crippen molar-refractivity contribution in [2.45, 2.75) is 30.7 Å². The Balaban J connectivity index is 1.54. The van der Waals surface area contributed by atoms with Crippen LogP contribution >= 0.6 is 0 Å². The number of benzene rings is 2. The second-order valence-electron chi connectivity index (χ2n) is 8.14. The molecule has 0 aromatic heterocycles. The fourth-order valence-corrected chi connectivity index (χ4v) is 5.25. The van der Waals surface area contributed by atoms with Crippen LogP contribution in [0.2, 0.25) is 0 Å². The van der Waals surface area contributed by atoms with E-state index in [0.29, 0.717) is 32.7 Å². The van der Waals surface area contributed by atoms with E-state index in [9.17, 15) is 13.2 Å². The third kappa shape index (κ3) is 5.33. The molecule has 1 amide bonds. The smallest absolute Gasteiger partial charge is 0.241 e. The molecule has 0 unspecified atom stereocenters. The predicted molar refractivity (Wildman–Crippen MR) is 120 cm³/mol. The first-order chi connectivity index (χ1) is 14.9. The number of carbonyl (C=O) groups excluding carboxylic acids is 1. The fourth-order valence-electron chi connectivity index (χ4n) is 4.03. The number of aryl methyl sites for hydroxylation is 1. The molecule has 2 saturated heterocycles. The Morgan fingerprint density at radius 2 is 1.68 bits per heavy atom. The lowest BCUT2D eigenvalue weighted by Crippen LogP contribution is -2.43. The standard InChI is InChI=1S/C23H29N3O4S/c1-18-4-6-19(7-5-18)22(17-25-13-15-30-16-14-25)24-31(28,29)21-10-8-20(9-11-21)26-12-2-3-23(26)27/h4-11,22,24H,2-3,12-17H2,1H3/t22-/m0/s1. The van der Waals surface area contributed by atoms with Gasteiger partial charge in [0, 0.05) is 38.3 Å². The molecule has 0 radical (unpaired) electrons. The maximum absolute atomic E-state index is 13.2. The number of rotatable bonds is 7. The number of carbonyl (C=O) groups is 1. The third-order valence-corrected chi connectivity index (χ3v) is 7.34. The molecule has 166 valence electrons. The molecule has 1 N–H and O–H groups in total. The Morgan fingerprint density at radius 1 is 1.00 bits per heavy atom. The molecule has 1 atom stereocenters. The highest BCUT2D eigenvalue weighted by molar-refractivity contribution is 7.89. The number of nitrogens with zero attached hydrogens (tertiary/aromatic N) is 2. The molecule has 7 nitrogen and oxygen atoms in total. The summed E-state index contributed by atoms with van der Waals surface area (Å²) < 4.78 is 34.7. The third-order valence-electron chi connectivity index (χ3n) is 5.85. The number of sulfonamides is 1. The summed E-state index contributed by atoms with van der Waals surface area (Å²) in [7, 11) is -3.73. The van der Waals surface area contributed by atoms with Crippen LogP contribution in [0.3, 0.4) is 0 Å². The van der Waals surface area contributed by atoms with E-state index in [-0.39, 0.29) is 16.8 Å². The van der Waals surface area contributed by atoms with Crippen molar-refractivity contribution in [3.63, 3.8) is 0 Å². The number of anilines is 1. The van der Waals surface area contributed by atoms with E-state index in [4.69, 9.17) is 4.74 Å². The average molecular weight is 444 g/mol. The van der Waals surface area contributed by atoms with Gasteiger partial charge in [-0.1, -0.05) is 29.8 Å². The molecule has 0 spiro atoms. The highest BCUT2D eigenvalue weighted by atomic mass is 32.2. The Hall–Kier alpha value is -2.26. The molecular weight excluding hydrogens is 414 g/mol. The SMILES string of the molecule is Cc1ccc([C@H](CN2CCOCC2)NS(=O)(=O)c2ccc(N3CCCC3=O)cc2)cc1. The van der Waals surface area contributed by atoms with E-state index in [1.165, 1.54) is 0 Å². The lowest BCUT2D eigenvalue weighted by atomic mass is 10.1. The van der Waals surface area contributed by atoms with Gasteiger partial charge in [0.2, 0.25) is 15.9 Å². The van der Waals surface area contributed by atoms with Gasteiger partial charge in [-0.3, -0.25) is 9.69 Å². The summed E-state index contributed by atoms with van der Waals surface area (Å²) in [4.78, 5) is 16.1. The van der Waals surface area contributed by atoms with Crippen LogP contribution in [0, 0.1) is 6.92 Å². The maximum Gasteiger partial charge on any atom is 0.241 e. The molecule has 2 fully saturated rings. The van der Waals surface area contributed by atoms with Gasteiger partial charge >= 0.3 is 0 Å². The van der Waals surface area contributed by atoms with Gasteiger partial charge in [0.15, 0.2) is 0 Å². The molecule has 2 aliphatic rings. The van der Waals surface area contributed by atoms with Crippen molar-refractivity contribution in [1.29, 1.82) is 0 Å². The van der Waals surface area contributed by atoms with Crippen LogP contribution in [-0.4, -0.2) is 58.6 Å². The topological polar surface area (TPSA) is 79.0 Å². The summed E-state index contributed by atoms with van der Waals surface area (Å²) in [5.41, 5.74) is 2.80. The second kappa shape index (κ2) is 9.48.